The van der Waals surface area contributed by atoms with Crippen LogP contribution in [0.15, 0.2) is 35.1 Å². The SMILES string of the molecule is CC(=O)N1CCC(c2ncc3ccc(NC(=O)c4cnoc4C)cc3n2)CC1. The Bertz CT molecular complexity index is 1040. The van der Waals surface area contributed by atoms with Gasteiger partial charge < -0.3 is 14.7 Å². The van der Waals surface area contributed by atoms with Crippen LogP contribution in [0.5, 0.6) is 0 Å². The molecule has 3 heterocycles. The van der Waals surface area contributed by atoms with E-state index in [-0.39, 0.29) is 17.7 Å². The minimum absolute atomic E-state index is 0.112. The standard InChI is InChI=1S/C20H21N5O3/c1-12-17(11-22-28-12)20(27)23-16-4-3-15-10-21-19(24-18(15)9-16)14-5-7-25(8-6-14)13(2)26/h3-4,9-11,14H,5-8H2,1-2H3,(H,23,27). The largest absolute Gasteiger partial charge is 0.361 e. The highest BCUT2D eigenvalue weighted by atomic mass is 16.5. The van der Waals surface area contributed by atoms with Crippen LogP contribution in [-0.4, -0.2) is 44.9 Å². The summed E-state index contributed by atoms with van der Waals surface area (Å²) in [5.41, 5.74) is 1.83. The van der Waals surface area contributed by atoms with Gasteiger partial charge >= 0.3 is 0 Å². The zero-order chi connectivity index (χ0) is 19.7. The van der Waals surface area contributed by atoms with Crippen molar-refractivity contribution in [1.29, 1.82) is 0 Å². The third kappa shape index (κ3) is 3.58. The van der Waals surface area contributed by atoms with E-state index in [0.29, 0.717) is 17.0 Å². The lowest BCUT2D eigenvalue weighted by Gasteiger charge is -2.30. The molecule has 0 spiro atoms. The first-order valence-electron chi connectivity index (χ1n) is 9.26. The normalized spacial score (nSPS) is 15.0. The maximum atomic E-state index is 12.4. The molecule has 0 aliphatic carbocycles. The van der Waals surface area contributed by atoms with Gasteiger partial charge in [0.25, 0.3) is 5.91 Å². The molecule has 1 aliphatic rings. The lowest BCUT2D eigenvalue weighted by molar-refractivity contribution is -0.129. The quantitative estimate of drug-likeness (QED) is 0.751. The minimum Gasteiger partial charge on any atom is -0.361 e. The Labute approximate surface area is 161 Å². The Kier molecular flexibility index (Phi) is 4.77. The maximum Gasteiger partial charge on any atom is 0.260 e. The summed E-state index contributed by atoms with van der Waals surface area (Å²) in [6, 6.07) is 5.54. The molecule has 1 N–H and O–H groups in total. The Balaban J connectivity index is 1.53. The highest BCUT2D eigenvalue weighted by Gasteiger charge is 2.24. The third-order valence-electron chi connectivity index (χ3n) is 5.16. The summed E-state index contributed by atoms with van der Waals surface area (Å²) in [6.07, 6.45) is 4.92. The summed E-state index contributed by atoms with van der Waals surface area (Å²) in [5.74, 6) is 1.33. The van der Waals surface area contributed by atoms with Gasteiger partial charge in [-0.15, -0.1) is 0 Å². The molecule has 0 unspecified atom stereocenters. The highest BCUT2D eigenvalue weighted by Crippen LogP contribution is 2.27. The topological polar surface area (TPSA) is 101 Å². The Morgan fingerprint density at radius 3 is 2.68 bits per heavy atom. The monoisotopic (exact) mass is 379 g/mol. The van der Waals surface area contributed by atoms with E-state index < -0.39 is 0 Å². The maximum absolute atomic E-state index is 12.4. The summed E-state index contributed by atoms with van der Waals surface area (Å²) in [7, 11) is 0. The molecule has 2 amide bonds. The molecular weight excluding hydrogens is 358 g/mol. The molecule has 144 valence electrons. The molecule has 1 aliphatic heterocycles. The lowest BCUT2D eigenvalue weighted by atomic mass is 9.96. The van der Waals surface area contributed by atoms with E-state index in [0.717, 1.165) is 42.7 Å². The molecule has 0 bridgehead atoms. The van der Waals surface area contributed by atoms with Crippen molar-refractivity contribution < 1.29 is 14.1 Å². The zero-order valence-corrected chi connectivity index (χ0v) is 15.8. The van der Waals surface area contributed by atoms with Crippen LogP contribution in [-0.2, 0) is 4.79 Å². The van der Waals surface area contributed by atoms with Gasteiger partial charge in [-0.25, -0.2) is 9.97 Å². The van der Waals surface area contributed by atoms with Gasteiger partial charge in [-0.2, -0.15) is 0 Å². The second-order valence-corrected chi connectivity index (χ2v) is 7.03. The number of nitrogens with zero attached hydrogens (tertiary/aromatic N) is 4. The molecule has 1 aromatic carbocycles. The van der Waals surface area contributed by atoms with Crippen molar-refractivity contribution in [1.82, 2.24) is 20.0 Å². The number of amides is 2. The molecule has 8 heteroatoms. The first kappa shape index (κ1) is 18.1. The van der Waals surface area contributed by atoms with Gasteiger partial charge in [0.2, 0.25) is 5.91 Å². The number of carbonyl (C=O) groups is 2. The number of likely N-dealkylation sites (tertiary alicyclic amines) is 1. The van der Waals surface area contributed by atoms with Crippen LogP contribution >= 0.6 is 0 Å². The Morgan fingerprint density at radius 1 is 1.21 bits per heavy atom. The number of aromatic nitrogens is 3. The fourth-order valence-electron chi connectivity index (χ4n) is 3.48. The van der Waals surface area contributed by atoms with E-state index in [2.05, 4.69) is 15.5 Å². The number of rotatable bonds is 3. The van der Waals surface area contributed by atoms with Gasteiger partial charge in [-0.3, -0.25) is 9.59 Å². The van der Waals surface area contributed by atoms with Crippen LogP contribution in [0.25, 0.3) is 10.9 Å². The number of anilines is 1. The number of hydrogen-bond donors (Lipinski definition) is 1. The average molecular weight is 379 g/mol. The molecule has 0 radical (unpaired) electrons. The predicted octanol–water partition coefficient (Wildman–Crippen LogP) is 2.90. The molecule has 8 nitrogen and oxygen atoms in total. The second kappa shape index (κ2) is 7.38. The summed E-state index contributed by atoms with van der Waals surface area (Å²) >= 11 is 0. The van der Waals surface area contributed by atoms with Crippen LogP contribution in [0.4, 0.5) is 5.69 Å². The Morgan fingerprint density at radius 2 is 2.00 bits per heavy atom. The number of hydrogen-bond acceptors (Lipinski definition) is 6. The summed E-state index contributed by atoms with van der Waals surface area (Å²) in [5, 5.41) is 7.39. The van der Waals surface area contributed by atoms with Crippen molar-refractivity contribution in [2.45, 2.75) is 32.6 Å². The molecule has 1 saturated heterocycles. The van der Waals surface area contributed by atoms with Crippen LogP contribution in [0.3, 0.4) is 0 Å². The number of nitrogens with one attached hydrogen (secondary N) is 1. The van der Waals surface area contributed by atoms with E-state index in [1.54, 1.807) is 13.8 Å². The first-order chi connectivity index (χ1) is 13.5. The number of fused-ring (bicyclic) bond motifs is 1. The van der Waals surface area contributed by atoms with Crippen molar-refractivity contribution >= 4 is 28.4 Å². The molecule has 4 rings (SSSR count). The number of carbonyl (C=O) groups excluding carboxylic acids is 2. The van der Waals surface area contributed by atoms with Gasteiger partial charge in [0.05, 0.1) is 11.7 Å². The number of aryl methyl sites for hydroxylation is 1. The number of piperidine rings is 1. The van der Waals surface area contributed by atoms with Crippen LogP contribution in [0, 0.1) is 6.92 Å². The molecule has 2 aromatic heterocycles. The minimum atomic E-state index is -0.274. The summed E-state index contributed by atoms with van der Waals surface area (Å²) < 4.78 is 4.94. The average Bonchev–Trinajstić information content (AvgIpc) is 3.13. The van der Waals surface area contributed by atoms with Crippen LogP contribution in [0.2, 0.25) is 0 Å². The Hall–Kier alpha value is -3.29. The number of benzene rings is 1. The summed E-state index contributed by atoms with van der Waals surface area (Å²) in [4.78, 5) is 35.0. The molecular formula is C20H21N5O3. The van der Waals surface area contributed by atoms with E-state index in [4.69, 9.17) is 9.51 Å². The first-order valence-corrected chi connectivity index (χ1v) is 9.26. The predicted molar refractivity (Wildman–Crippen MR) is 103 cm³/mol. The second-order valence-electron chi connectivity index (χ2n) is 7.03. The molecule has 1 fully saturated rings. The lowest BCUT2D eigenvalue weighted by Crippen LogP contribution is -2.36. The van der Waals surface area contributed by atoms with Gasteiger partial charge in [-0.1, -0.05) is 5.16 Å². The molecule has 3 aromatic rings. The van der Waals surface area contributed by atoms with E-state index >= 15 is 0 Å². The van der Waals surface area contributed by atoms with Crippen LogP contribution < -0.4 is 5.32 Å². The smallest absolute Gasteiger partial charge is 0.260 e. The van der Waals surface area contributed by atoms with E-state index in [1.807, 2.05) is 29.3 Å². The molecule has 28 heavy (non-hydrogen) atoms. The van der Waals surface area contributed by atoms with Gasteiger partial charge in [0, 0.05) is 43.2 Å². The third-order valence-corrected chi connectivity index (χ3v) is 5.16. The van der Waals surface area contributed by atoms with Gasteiger partial charge in [-0.05, 0) is 38.0 Å². The van der Waals surface area contributed by atoms with Crippen molar-refractivity contribution in [3.05, 3.63) is 47.7 Å². The fourth-order valence-corrected chi connectivity index (χ4v) is 3.48. The van der Waals surface area contributed by atoms with Crippen molar-refractivity contribution in [3.63, 3.8) is 0 Å². The fraction of sp³-hybridized carbons (Fsp3) is 0.350. The molecule has 0 atom stereocenters. The van der Waals surface area contributed by atoms with Crippen molar-refractivity contribution in [3.8, 4) is 0 Å². The molecule has 0 saturated carbocycles. The van der Waals surface area contributed by atoms with Crippen molar-refractivity contribution in [2.75, 3.05) is 18.4 Å². The summed E-state index contributed by atoms with van der Waals surface area (Å²) in [6.45, 7) is 4.76. The van der Waals surface area contributed by atoms with E-state index in [9.17, 15) is 9.59 Å². The van der Waals surface area contributed by atoms with E-state index in [1.165, 1.54) is 6.20 Å². The van der Waals surface area contributed by atoms with Crippen molar-refractivity contribution in [2.24, 2.45) is 0 Å². The highest BCUT2D eigenvalue weighted by molar-refractivity contribution is 6.05. The zero-order valence-electron chi connectivity index (χ0n) is 15.8. The van der Waals surface area contributed by atoms with Gasteiger partial charge in [0.1, 0.15) is 17.1 Å². The van der Waals surface area contributed by atoms with Crippen LogP contribution in [0.1, 0.15) is 47.6 Å². The van der Waals surface area contributed by atoms with Gasteiger partial charge in [0.15, 0.2) is 0 Å².